The fourth-order valence-corrected chi connectivity index (χ4v) is 3.99. The van der Waals surface area contributed by atoms with Crippen molar-refractivity contribution >= 4 is 16.8 Å². The van der Waals surface area contributed by atoms with Crippen molar-refractivity contribution in [3.63, 3.8) is 0 Å². The number of hydrogen-bond acceptors (Lipinski definition) is 5. The first-order chi connectivity index (χ1) is 17.5. The lowest BCUT2D eigenvalue weighted by molar-refractivity contribution is 0.0948. The molecule has 1 heterocycles. The van der Waals surface area contributed by atoms with Gasteiger partial charge in [-0.25, -0.2) is 4.79 Å². The second kappa shape index (κ2) is 11.3. The van der Waals surface area contributed by atoms with Crippen LogP contribution in [0.2, 0.25) is 0 Å². The lowest BCUT2D eigenvalue weighted by Crippen LogP contribution is -2.40. The van der Waals surface area contributed by atoms with Crippen LogP contribution in [0.3, 0.4) is 0 Å². The van der Waals surface area contributed by atoms with Gasteiger partial charge < -0.3 is 10.1 Å². The molecule has 0 unspecified atom stereocenters. The molecule has 8 nitrogen and oxygen atoms in total. The molecule has 0 fully saturated rings. The van der Waals surface area contributed by atoms with Crippen LogP contribution in [0.5, 0.6) is 0 Å². The summed E-state index contributed by atoms with van der Waals surface area (Å²) in [6.45, 7) is 1.42. The Morgan fingerprint density at radius 3 is 2.22 bits per heavy atom. The van der Waals surface area contributed by atoms with Gasteiger partial charge in [0.15, 0.2) is 0 Å². The number of rotatable bonds is 9. The number of aromatic nitrogens is 2. The van der Waals surface area contributed by atoms with Gasteiger partial charge in [-0.2, -0.15) is 5.26 Å². The highest BCUT2D eigenvalue weighted by Gasteiger charge is 2.14. The molecule has 0 bridgehead atoms. The molecule has 0 aliphatic heterocycles. The van der Waals surface area contributed by atoms with Crippen molar-refractivity contribution in [3.05, 3.63) is 116 Å². The van der Waals surface area contributed by atoms with Crippen LogP contribution in [0.25, 0.3) is 10.9 Å². The van der Waals surface area contributed by atoms with Crippen molar-refractivity contribution in [1.29, 1.82) is 5.26 Å². The van der Waals surface area contributed by atoms with Crippen molar-refractivity contribution in [3.8, 4) is 6.07 Å². The van der Waals surface area contributed by atoms with Crippen LogP contribution in [0.15, 0.2) is 82.4 Å². The molecule has 0 atom stereocenters. The fraction of sp³-hybridized carbons (Fsp3) is 0.214. The van der Waals surface area contributed by atoms with Crippen LogP contribution in [-0.2, 0) is 17.8 Å². The summed E-state index contributed by atoms with van der Waals surface area (Å²) in [5.74, 6) is -0.190. The largest absolute Gasteiger partial charge is 0.385 e. The zero-order valence-electron chi connectivity index (χ0n) is 19.9. The molecule has 0 saturated carbocycles. The quantitative estimate of drug-likeness (QED) is 0.369. The maximum Gasteiger partial charge on any atom is 0.332 e. The molecule has 8 heteroatoms. The Labute approximate surface area is 208 Å². The molecular weight excluding hydrogens is 456 g/mol. The Morgan fingerprint density at radius 2 is 1.56 bits per heavy atom. The lowest BCUT2D eigenvalue weighted by atomic mass is 10.1. The predicted molar refractivity (Wildman–Crippen MR) is 137 cm³/mol. The molecule has 0 radical (unpaired) electrons. The lowest BCUT2D eigenvalue weighted by Gasteiger charge is -2.14. The summed E-state index contributed by atoms with van der Waals surface area (Å²) in [7, 11) is 1.61. The molecule has 0 aliphatic carbocycles. The first kappa shape index (κ1) is 24.6. The molecule has 4 rings (SSSR count). The minimum absolute atomic E-state index is 0.0750. The van der Waals surface area contributed by atoms with E-state index in [1.807, 2.05) is 0 Å². The van der Waals surface area contributed by atoms with Gasteiger partial charge in [-0.05, 0) is 53.9 Å². The second-order valence-corrected chi connectivity index (χ2v) is 8.39. The molecule has 3 aromatic carbocycles. The summed E-state index contributed by atoms with van der Waals surface area (Å²) in [4.78, 5) is 39.0. The number of amides is 1. The van der Waals surface area contributed by atoms with E-state index in [1.54, 1.807) is 84.5 Å². The van der Waals surface area contributed by atoms with E-state index in [4.69, 9.17) is 10.00 Å². The molecule has 182 valence electrons. The van der Waals surface area contributed by atoms with E-state index in [2.05, 4.69) is 11.4 Å². The fourth-order valence-electron chi connectivity index (χ4n) is 3.99. The third-order valence-electron chi connectivity index (χ3n) is 5.92. The van der Waals surface area contributed by atoms with E-state index < -0.39 is 5.69 Å². The number of carbonyl (C=O) groups excluding carboxylic acids is 1. The normalized spacial score (nSPS) is 10.8. The highest BCUT2D eigenvalue weighted by atomic mass is 16.5. The molecular formula is C28H26N4O4. The van der Waals surface area contributed by atoms with Crippen molar-refractivity contribution < 1.29 is 9.53 Å². The zero-order chi connectivity index (χ0) is 25.5. The van der Waals surface area contributed by atoms with Gasteiger partial charge in [-0.1, -0.05) is 36.4 Å². The number of para-hydroxylation sites is 1. The third-order valence-corrected chi connectivity index (χ3v) is 5.92. The SMILES string of the molecule is COCCCNC(=O)c1ccc(Cn2c(=O)c3ccccc3n(Cc3ccc(C#N)cc3)c2=O)cc1. The summed E-state index contributed by atoms with van der Waals surface area (Å²) in [6.07, 6.45) is 0.722. The second-order valence-electron chi connectivity index (χ2n) is 8.39. The van der Waals surface area contributed by atoms with E-state index in [0.29, 0.717) is 35.2 Å². The van der Waals surface area contributed by atoms with Gasteiger partial charge in [0.2, 0.25) is 0 Å². The number of fused-ring (bicyclic) bond motifs is 1. The van der Waals surface area contributed by atoms with Crippen LogP contribution >= 0.6 is 0 Å². The van der Waals surface area contributed by atoms with Crippen LogP contribution in [0, 0.1) is 11.3 Å². The molecule has 36 heavy (non-hydrogen) atoms. The summed E-state index contributed by atoms with van der Waals surface area (Å²) in [5, 5.41) is 12.3. The highest BCUT2D eigenvalue weighted by Crippen LogP contribution is 2.12. The van der Waals surface area contributed by atoms with E-state index in [9.17, 15) is 14.4 Å². The minimum atomic E-state index is -0.428. The number of carbonyl (C=O) groups is 1. The number of nitriles is 1. The summed E-state index contributed by atoms with van der Waals surface area (Å²) in [5.41, 5.74) is 2.36. The molecule has 0 spiro atoms. The number of ether oxygens (including phenoxy) is 1. The Morgan fingerprint density at radius 1 is 0.917 bits per heavy atom. The zero-order valence-corrected chi connectivity index (χ0v) is 19.9. The van der Waals surface area contributed by atoms with Gasteiger partial charge in [0.25, 0.3) is 11.5 Å². The van der Waals surface area contributed by atoms with E-state index in [0.717, 1.165) is 17.5 Å². The van der Waals surface area contributed by atoms with Crippen LogP contribution in [0.4, 0.5) is 0 Å². The summed E-state index contributed by atoms with van der Waals surface area (Å²) >= 11 is 0. The molecule has 1 amide bonds. The van der Waals surface area contributed by atoms with Crippen LogP contribution in [0.1, 0.15) is 33.5 Å². The smallest absolute Gasteiger partial charge is 0.332 e. The first-order valence-corrected chi connectivity index (χ1v) is 11.6. The van der Waals surface area contributed by atoms with Crippen molar-refractivity contribution in [2.24, 2.45) is 0 Å². The summed E-state index contributed by atoms with van der Waals surface area (Å²) in [6, 6.07) is 23.0. The Kier molecular flexibility index (Phi) is 7.73. The van der Waals surface area contributed by atoms with E-state index in [-0.39, 0.29) is 24.6 Å². The van der Waals surface area contributed by atoms with Gasteiger partial charge in [-0.15, -0.1) is 0 Å². The Bertz CT molecular complexity index is 1530. The maximum absolute atomic E-state index is 13.5. The van der Waals surface area contributed by atoms with Crippen molar-refractivity contribution in [1.82, 2.24) is 14.5 Å². The number of nitrogens with zero attached hydrogens (tertiary/aromatic N) is 3. The predicted octanol–water partition coefficient (Wildman–Crippen LogP) is 2.90. The number of methoxy groups -OCH3 is 1. The minimum Gasteiger partial charge on any atom is -0.385 e. The maximum atomic E-state index is 13.5. The number of benzene rings is 3. The topological polar surface area (TPSA) is 106 Å². The van der Waals surface area contributed by atoms with Crippen LogP contribution < -0.4 is 16.6 Å². The Balaban J connectivity index is 1.63. The average molecular weight is 483 g/mol. The van der Waals surface area contributed by atoms with Gasteiger partial charge in [0.05, 0.1) is 35.6 Å². The van der Waals surface area contributed by atoms with Crippen molar-refractivity contribution in [2.45, 2.75) is 19.5 Å². The van der Waals surface area contributed by atoms with Gasteiger partial charge >= 0.3 is 5.69 Å². The van der Waals surface area contributed by atoms with Crippen molar-refractivity contribution in [2.75, 3.05) is 20.3 Å². The standard InChI is InChI=1S/C28H26N4O4/c1-36-16-4-15-30-26(33)23-13-11-22(12-14-23)19-32-27(34)24-5-2-3-6-25(24)31(28(32)35)18-21-9-7-20(17-29)8-10-21/h2-3,5-14H,4,15-16,18-19H2,1H3,(H,30,33). The number of hydrogen-bond donors (Lipinski definition) is 1. The molecule has 4 aromatic rings. The van der Waals surface area contributed by atoms with Gasteiger partial charge in [-0.3, -0.25) is 18.7 Å². The summed E-state index contributed by atoms with van der Waals surface area (Å²) < 4.78 is 7.76. The molecule has 1 aromatic heterocycles. The van der Waals surface area contributed by atoms with E-state index in [1.165, 1.54) is 4.57 Å². The molecule has 0 aliphatic rings. The number of nitrogens with one attached hydrogen (secondary N) is 1. The first-order valence-electron chi connectivity index (χ1n) is 11.6. The molecule has 0 saturated heterocycles. The molecule has 1 N–H and O–H groups in total. The Hall–Kier alpha value is -4.48. The highest BCUT2D eigenvalue weighted by molar-refractivity contribution is 5.94. The van der Waals surface area contributed by atoms with Gasteiger partial charge in [0.1, 0.15) is 0 Å². The third kappa shape index (κ3) is 5.43. The monoisotopic (exact) mass is 482 g/mol. The average Bonchev–Trinajstić information content (AvgIpc) is 2.92. The van der Waals surface area contributed by atoms with Crippen LogP contribution in [-0.4, -0.2) is 35.3 Å². The van der Waals surface area contributed by atoms with Gasteiger partial charge in [0, 0.05) is 25.8 Å². The van der Waals surface area contributed by atoms with E-state index >= 15 is 0 Å².